The predicted octanol–water partition coefficient (Wildman–Crippen LogP) is 0.805. The van der Waals surface area contributed by atoms with E-state index in [1.54, 1.807) is 17.0 Å². The zero-order valence-corrected chi connectivity index (χ0v) is 12.3. The third-order valence-electron chi connectivity index (χ3n) is 3.61. The normalized spacial score (nSPS) is 17.4. The lowest BCUT2D eigenvalue weighted by Gasteiger charge is -2.15. The molecule has 7 heteroatoms. The minimum atomic E-state index is -1.01. The number of nitrogens with zero attached hydrogens (tertiary/aromatic N) is 1. The smallest absolute Gasteiger partial charge is 0.335 e. The molecule has 0 spiro atoms. The molecule has 1 fully saturated rings. The number of amides is 3. The number of nitrogens with one attached hydrogen (secondary N) is 2. The van der Waals surface area contributed by atoms with E-state index in [9.17, 15) is 14.4 Å². The summed E-state index contributed by atoms with van der Waals surface area (Å²) in [6.45, 7) is 3.39. The molecule has 0 bridgehead atoms. The monoisotopic (exact) mass is 305 g/mol. The van der Waals surface area contributed by atoms with Gasteiger partial charge in [-0.15, -0.1) is 0 Å². The van der Waals surface area contributed by atoms with Crippen LogP contribution in [0.3, 0.4) is 0 Å². The second-order valence-corrected chi connectivity index (χ2v) is 5.09. The SMILES string of the molecule is CCN1CCC(NC(=O)NCc2cccc(C(=O)O)c2)C1=O. The number of carboxylic acids is 1. The molecule has 1 aliphatic rings. The molecule has 3 N–H and O–H groups in total. The van der Waals surface area contributed by atoms with Crippen LogP contribution in [0.5, 0.6) is 0 Å². The molecular weight excluding hydrogens is 286 g/mol. The second kappa shape index (κ2) is 6.93. The van der Waals surface area contributed by atoms with Gasteiger partial charge in [-0.1, -0.05) is 12.1 Å². The van der Waals surface area contributed by atoms with Crippen molar-refractivity contribution in [1.82, 2.24) is 15.5 Å². The summed E-state index contributed by atoms with van der Waals surface area (Å²) in [7, 11) is 0. The van der Waals surface area contributed by atoms with Crippen LogP contribution >= 0.6 is 0 Å². The van der Waals surface area contributed by atoms with Gasteiger partial charge in [-0.25, -0.2) is 9.59 Å². The minimum absolute atomic E-state index is 0.0643. The number of benzene rings is 1. The molecule has 7 nitrogen and oxygen atoms in total. The number of rotatable bonds is 5. The number of carboxylic acid groups (broad SMARTS) is 1. The summed E-state index contributed by atoms with van der Waals surface area (Å²) < 4.78 is 0. The Kier molecular flexibility index (Phi) is 4.98. The lowest BCUT2D eigenvalue weighted by Crippen LogP contribution is -2.45. The fourth-order valence-electron chi connectivity index (χ4n) is 2.39. The van der Waals surface area contributed by atoms with E-state index >= 15 is 0 Å². The summed E-state index contributed by atoms with van der Waals surface area (Å²) in [5, 5.41) is 14.2. The molecule has 1 aromatic rings. The summed E-state index contributed by atoms with van der Waals surface area (Å²) in [5.74, 6) is -1.08. The highest BCUT2D eigenvalue weighted by molar-refractivity contribution is 5.89. The van der Waals surface area contributed by atoms with Gasteiger partial charge in [0.15, 0.2) is 0 Å². The Hall–Kier alpha value is -2.57. The molecule has 0 aromatic heterocycles. The van der Waals surface area contributed by atoms with Gasteiger partial charge < -0.3 is 20.6 Å². The molecule has 2 rings (SSSR count). The molecule has 3 amide bonds. The Labute approximate surface area is 128 Å². The van der Waals surface area contributed by atoms with E-state index in [2.05, 4.69) is 10.6 Å². The van der Waals surface area contributed by atoms with Crippen LogP contribution in [0.25, 0.3) is 0 Å². The number of urea groups is 1. The van der Waals surface area contributed by atoms with Gasteiger partial charge in [0.25, 0.3) is 0 Å². The van der Waals surface area contributed by atoms with Crippen molar-refractivity contribution >= 4 is 17.9 Å². The van der Waals surface area contributed by atoms with Crippen LogP contribution in [0.2, 0.25) is 0 Å². The number of likely N-dealkylation sites (tertiary alicyclic amines) is 1. The molecule has 0 saturated carbocycles. The van der Waals surface area contributed by atoms with Gasteiger partial charge in [0.2, 0.25) is 5.91 Å². The molecular formula is C15H19N3O4. The Morgan fingerprint density at radius 3 is 2.82 bits per heavy atom. The Morgan fingerprint density at radius 1 is 1.41 bits per heavy atom. The van der Waals surface area contributed by atoms with Crippen molar-refractivity contribution in [1.29, 1.82) is 0 Å². The Morgan fingerprint density at radius 2 is 2.18 bits per heavy atom. The lowest BCUT2D eigenvalue weighted by molar-refractivity contribution is -0.129. The van der Waals surface area contributed by atoms with Crippen LogP contribution < -0.4 is 10.6 Å². The molecule has 1 aromatic carbocycles. The Bertz CT molecular complexity index is 588. The molecule has 1 heterocycles. The number of hydrogen-bond acceptors (Lipinski definition) is 3. The zero-order valence-electron chi connectivity index (χ0n) is 12.3. The van der Waals surface area contributed by atoms with Crippen LogP contribution in [-0.4, -0.2) is 47.0 Å². The van der Waals surface area contributed by atoms with E-state index in [0.717, 1.165) is 0 Å². The number of carbonyl (C=O) groups is 3. The largest absolute Gasteiger partial charge is 0.478 e. The Balaban J connectivity index is 1.84. The summed E-state index contributed by atoms with van der Waals surface area (Å²) >= 11 is 0. The van der Waals surface area contributed by atoms with Gasteiger partial charge in [0.05, 0.1) is 5.56 Å². The summed E-state index contributed by atoms with van der Waals surface area (Å²) in [6.07, 6.45) is 0.606. The fraction of sp³-hybridized carbons (Fsp3) is 0.400. The summed E-state index contributed by atoms with van der Waals surface area (Å²) in [6, 6.07) is 5.43. The van der Waals surface area contributed by atoms with Crippen LogP contribution in [-0.2, 0) is 11.3 Å². The standard InChI is InChI=1S/C15H19N3O4/c1-2-18-7-6-12(13(18)19)17-15(22)16-9-10-4-3-5-11(8-10)14(20)21/h3-5,8,12H,2,6-7,9H2,1H3,(H,20,21)(H2,16,17,22). The molecule has 1 aliphatic heterocycles. The van der Waals surface area contributed by atoms with Crippen molar-refractivity contribution < 1.29 is 19.5 Å². The van der Waals surface area contributed by atoms with E-state index < -0.39 is 18.0 Å². The third-order valence-corrected chi connectivity index (χ3v) is 3.61. The van der Waals surface area contributed by atoms with E-state index in [0.29, 0.717) is 25.1 Å². The average Bonchev–Trinajstić information content (AvgIpc) is 2.86. The van der Waals surface area contributed by atoms with Gasteiger partial charge in [0, 0.05) is 19.6 Å². The number of hydrogen-bond donors (Lipinski definition) is 3. The first-order valence-electron chi connectivity index (χ1n) is 7.16. The maximum absolute atomic E-state index is 11.9. The van der Waals surface area contributed by atoms with Crippen LogP contribution in [0.4, 0.5) is 4.79 Å². The maximum atomic E-state index is 11.9. The van der Waals surface area contributed by atoms with E-state index in [1.165, 1.54) is 12.1 Å². The molecule has 0 aliphatic carbocycles. The first-order chi connectivity index (χ1) is 10.5. The number of carbonyl (C=O) groups excluding carboxylic acids is 2. The molecule has 0 radical (unpaired) electrons. The number of aromatic carboxylic acids is 1. The topological polar surface area (TPSA) is 98.7 Å². The minimum Gasteiger partial charge on any atom is -0.478 e. The molecule has 118 valence electrons. The molecule has 1 atom stereocenters. The van der Waals surface area contributed by atoms with Crippen LogP contribution in [0.15, 0.2) is 24.3 Å². The van der Waals surface area contributed by atoms with Crippen molar-refractivity contribution in [3.05, 3.63) is 35.4 Å². The van der Waals surface area contributed by atoms with E-state index in [4.69, 9.17) is 5.11 Å². The first-order valence-corrected chi connectivity index (χ1v) is 7.16. The first kappa shape index (κ1) is 15.8. The summed E-state index contributed by atoms with van der Waals surface area (Å²) in [5.41, 5.74) is 0.854. The van der Waals surface area contributed by atoms with Gasteiger partial charge >= 0.3 is 12.0 Å². The average molecular weight is 305 g/mol. The highest BCUT2D eigenvalue weighted by Gasteiger charge is 2.31. The number of likely N-dealkylation sites (N-methyl/N-ethyl adjacent to an activating group) is 1. The van der Waals surface area contributed by atoms with Gasteiger partial charge in [-0.3, -0.25) is 4.79 Å². The third kappa shape index (κ3) is 3.75. The van der Waals surface area contributed by atoms with Gasteiger partial charge in [0.1, 0.15) is 6.04 Å². The maximum Gasteiger partial charge on any atom is 0.335 e. The van der Waals surface area contributed by atoms with Gasteiger partial charge in [-0.05, 0) is 31.0 Å². The molecule has 1 saturated heterocycles. The van der Waals surface area contributed by atoms with Crippen molar-refractivity contribution in [3.63, 3.8) is 0 Å². The fourth-order valence-corrected chi connectivity index (χ4v) is 2.39. The highest BCUT2D eigenvalue weighted by atomic mass is 16.4. The summed E-state index contributed by atoms with van der Waals surface area (Å²) in [4.78, 5) is 36.3. The van der Waals surface area contributed by atoms with Gasteiger partial charge in [-0.2, -0.15) is 0 Å². The second-order valence-electron chi connectivity index (χ2n) is 5.09. The zero-order chi connectivity index (χ0) is 16.1. The van der Waals surface area contributed by atoms with Crippen molar-refractivity contribution in [2.75, 3.05) is 13.1 Å². The lowest BCUT2D eigenvalue weighted by atomic mass is 10.1. The highest BCUT2D eigenvalue weighted by Crippen LogP contribution is 2.10. The molecule has 1 unspecified atom stereocenters. The van der Waals surface area contributed by atoms with Crippen LogP contribution in [0.1, 0.15) is 29.3 Å². The van der Waals surface area contributed by atoms with Crippen molar-refractivity contribution in [2.24, 2.45) is 0 Å². The van der Waals surface area contributed by atoms with E-state index in [-0.39, 0.29) is 18.0 Å². The quantitative estimate of drug-likeness (QED) is 0.749. The van der Waals surface area contributed by atoms with E-state index in [1.807, 2.05) is 6.92 Å². The van der Waals surface area contributed by atoms with Crippen molar-refractivity contribution in [2.45, 2.75) is 25.9 Å². The van der Waals surface area contributed by atoms with Crippen LogP contribution in [0, 0.1) is 0 Å². The molecule has 22 heavy (non-hydrogen) atoms. The van der Waals surface area contributed by atoms with Crippen molar-refractivity contribution in [3.8, 4) is 0 Å². The predicted molar refractivity (Wildman–Crippen MR) is 79.4 cm³/mol.